The number of hydrogen-bond acceptors (Lipinski definition) is 4. The molecule has 1 aromatic heterocycles. The topological polar surface area (TPSA) is 66.0 Å². The minimum absolute atomic E-state index is 0.518. The summed E-state index contributed by atoms with van der Waals surface area (Å²) in [7, 11) is 1.63. The molecule has 5 nitrogen and oxygen atoms in total. The summed E-state index contributed by atoms with van der Waals surface area (Å²) in [5, 5.41) is 8.33. The molecule has 0 unspecified atom stereocenters. The summed E-state index contributed by atoms with van der Waals surface area (Å²) in [6.07, 6.45) is 0. The fourth-order valence-electron chi connectivity index (χ4n) is 2.12. The Hall–Kier alpha value is -2.82. The van der Waals surface area contributed by atoms with Crippen molar-refractivity contribution in [2.75, 3.05) is 12.8 Å². The van der Waals surface area contributed by atoms with Crippen molar-refractivity contribution in [1.82, 2.24) is 15.0 Å². The van der Waals surface area contributed by atoms with Gasteiger partial charge in [-0.2, -0.15) is 4.68 Å². The number of hydrogen-bond donors (Lipinski definition) is 1. The summed E-state index contributed by atoms with van der Waals surface area (Å²) in [5.41, 5.74) is 9.87. The highest BCUT2D eigenvalue weighted by Crippen LogP contribution is 2.26. The third-order valence-electron chi connectivity index (χ3n) is 3.35. The minimum Gasteiger partial charge on any atom is -0.497 e. The first-order chi connectivity index (χ1) is 10.2. The van der Waals surface area contributed by atoms with Crippen LogP contribution in [0.3, 0.4) is 0 Å². The summed E-state index contributed by atoms with van der Waals surface area (Å²) < 4.78 is 6.76. The number of nitrogens with zero attached hydrogens (tertiary/aromatic N) is 3. The number of benzene rings is 2. The van der Waals surface area contributed by atoms with Gasteiger partial charge in [0.15, 0.2) is 5.82 Å². The second-order valence-electron chi connectivity index (χ2n) is 4.80. The van der Waals surface area contributed by atoms with E-state index in [0.717, 1.165) is 17.0 Å². The number of aromatic nitrogens is 3. The van der Waals surface area contributed by atoms with Crippen molar-refractivity contribution in [2.24, 2.45) is 0 Å². The van der Waals surface area contributed by atoms with E-state index < -0.39 is 0 Å². The zero-order chi connectivity index (χ0) is 14.8. The van der Waals surface area contributed by atoms with Crippen LogP contribution in [0.1, 0.15) is 5.56 Å². The van der Waals surface area contributed by atoms with E-state index in [1.165, 1.54) is 5.56 Å². The van der Waals surface area contributed by atoms with Gasteiger partial charge in [-0.05, 0) is 31.2 Å². The summed E-state index contributed by atoms with van der Waals surface area (Å²) in [4.78, 5) is 0. The molecule has 2 N–H and O–H groups in total. The van der Waals surface area contributed by atoms with Gasteiger partial charge in [-0.1, -0.05) is 35.0 Å². The Morgan fingerprint density at radius 2 is 1.67 bits per heavy atom. The normalized spacial score (nSPS) is 10.6. The summed E-state index contributed by atoms with van der Waals surface area (Å²) in [5.74, 6) is 1.31. The van der Waals surface area contributed by atoms with Gasteiger partial charge in [-0.15, -0.1) is 5.10 Å². The molecule has 0 fully saturated rings. The van der Waals surface area contributed by atoms with Crippen LogP contribution in [0.4, 0.5) is 5.82 Å². The first-order valence-corrected chi connectivity index (χ1v) is 6.61. The van der Waals surface area contributed by atoms with E-state index in [-0.39, 0.29) is 0 Å². The smallest absolute Gasteiger partial charge is 0.155 e. The fraction of sp³-hybridized carbons (Fsp3) is 0.125. The second kappa shape index (κ2) is 5.28. The third-order valence-corrected chi connectivity index (χ3v) is 3.35. The van der Waals surface area contributed by atoms with Gasteiger partial charge in [0, 0.05) is 5.56 Å². The molecule has 2 aromatic carbocycles. The van der Waals surface area contributed by atoms with Gasteiger partial charge >= 0.3 is 0 Å². The Labute approximate surface area is 123 Å². The maximum absolute atomic E-state index is 6.18. The van der Waals surface area contributed by atoms with Crippen LogP contribution in [0.5, 0.6) is 5.75 Å². The molecule has 0 atom stereocenters. The maximum atomic E-state index is 6.18. The van der Waals surface area contributed by atoms with Gasteiger partial charge in [-0.3, -0.25) is 0 Å². The lowest BCUT2D eigenvalue weighted by molar-refractivity contribution is 0.414. The highest BCUT2D eigenvalue weighted by Gasteiger charge is 2.12. The molecule has 0 aliphatic heterocycles. The Morgan fingerprint density at radius 1 is 1.00 bits per heavy atom. The van der Waals surface area contributed by atoms with E-state index >= 15 is 0 Å². The van der Waals surface area contributed by atoms with Gasteiger partial charge < -0.3 is 10.5 Å². The molecule has 0 bridgehead atoms. The number of methoxy groups -OCH3 is 1. The molecule has 0 radical (unpaired) electrons. The van der Waals surface area contributed by atoms with E-state index in [2.05, 4.69) is 10.3 Å². The molecule has 3 rings (SSSR count). The van der Waals surface area contributed by atoms with Crippen molar-refractivity contribution in [3.05, 3.63) is 54.1 Å². The van der Waals surface area contributed by atoms with Crippen LogP contribution in [0.2, 0.25) is 0 Å². The van der Waals surface area contributed by atoms with Crippen LogP contribution < -0.4 is 10.5 Å². The SMILES string of the molecule is COc1ccc(-n2nnc(-c3ccc(C)cc3)c2N)cc1. The molecule has 21 heavy (non-hydrogen) atoms. The van der Waals surface area contributed by atoms with Crippen molar-refractivity contribution < 1.29 is 4.74 Å². The van der Waals surface area contributed by atoms with Crippen molar-refractivity contribution >= 4 is 5.82 Å². The Bertz CT molecular complexity index is 745. The monoisotopic (exact) mass is 280 g/mol. The lowest BCUT2D eigenvalue weighted by Crippen LogP contribution is -2.02. The molecule has 0 saturated carbocycles. The molecule has 5 heteroatoms. The highest BCUT2D eigenvalue weighted by atomic mass is 16.5. The van der Waals surface area contributed by atoms with Gasteiger partial charge in [0.05, 0.1) is 12.8 Å². The van der Waals surface area contributed by atoms with E-state index in [1.807, 2.05) is 55.5 Å². The second-order valence-corrected chi connectivity index (χ2v) is 4.80. The number of anilines is 1. The standard InChI is InChI=1S/C16H16N4O/c1-11-3-5-12(6-4-11)15-16(17)20(19-18-15)13-7-9-14(21-2)10-8-13/h3-10H,17H2,1-2H3. The number of ether oxygens (including phenoxy) is 1. The summed E-state index contributed by atoms with van der Waals surface area (Å²) in [6.45, 7) is 2.04. The summed E-state index contributed by atoms with van der Waals surface area (Å²) in [6, 6.07) is 15.6. The fourth-order valence-corrected chi connectivity index (χ4v) is 2.12. The van der Waals surface area contributed by atoms with E-state index in [9.17, 15) is 0 Å². The predicted molar refractivity (Wildman–Crippen MR) is 82.5 cm³/mol. The van der Waals surface area contributed by atoms with Gasteiger partial charge in [0.1, 0.15) is 11.4 Å². The Balaban J connectivity index is 2.00. The van der Waals surface area contributed by atoms with Crippen LogP contribution in [0.25, 0.3) is 16.9 Å². The van der Waals surface area contributed by atoms with Gasteiger partial charge in [0.25, 0.3) is 0 Å². The van der Waals surface area contributed by atoms with Crippen LogP contribution in [0.15, 0.2) is 48.5 Å². The Kier molecular flexibility index (Phi) is 3.31. The Morgan fingerprint density at radius 3 is 2.29 bits per heavy atom. The number of nitrogen functional groups attached to an aromatic ring is 1. The van der Waals surface area contributed by atoms with Crippen LogP contribution in [-0.2, 0) is 0 Å². The first-order valence-electron chi connectivity index (χ1n) is 6.61. The van der Waals surface area contributed by atoms with Gasteiger partial charge in [-0.25, -0.2) is 0 Å². The van der Waals surface area contributed by atoms with Crippen molar-refractivity contribution in [3.63, 3.8) is 0 Å². The average Bonchev–Trinajstić information content (AvgIpc) is 2.90. The van der Waals surface area contributed by atoms with Crippen LogP contribution in [-0.4, -0.2) is 22.1 Å². The van der Waals surface area contributed by atoms with Crippen molar-refractivity contribution in [1.29, 1.82) is 0 Å². The molecule has 3 aromatic rings. The number of aryl methyl sites for hydroxylation is 1. The lowest BCUT2D eigenvalue weighted by atomic mass is 10.1. The third kappa shape index (κ3) is 2.45. The molecule has 0 saturated heterocycles. The molecule has 0 aliphatic rings. The zero-order valence-electron chi connectivity index (χ0n) is 11.9. The molecule has 0 spiro atoms. The van der Waals surface area contributed by atoms with Crippen molar-refractivity contribution in [2.45, 2.75) is 6.92 Å². The summed E-state index contributed by atoms with van der Waals surface area (Å²) >= 11 is 0. The lowest BCUT2D eigenvalue weighted by Gasteiger charge is -2.05. The molecular formula is C16H16N4O. The molecule has 0 aliphatic carbocycles. The zero-order valence-corrected chi connectivity index (χ0v) is 11.9. The van der Waals surface area contributed by atoms with Crippen molar-refractivity contribution in [3.8, 4) is 22.7 Å². The first kappa shape index (κ1) is 13.2. The quantitative estimate of drug-likeness (QED) is 0.801. The largest absolute Gasteiger partial charge is 0.497 e. The molecule has 1 heterocycles. The minimum atomic E-state index is 0.518. The molecular weight excluding hydrogens is 264 g/mol. The van der Waals surface area contributed by atoms with Gasteiger partial charge in [0.2, 0.25) is 0 Å². The van der Waals surface area contributed by atoms with E-state index in [1.54, 1.807) is 11.8 Å². The predicted octanol–water partition coefficient (Wildman–Crippen LogP) is 2.83. The van der Waals surface area contributed by atoms with E-state index in [4.69, 9.17) is 10.5 Å². The molecule has 106 valence electrons. The average molecular weight is 280 g/mol. The molecule has 0 amide bonds. The maximum Gasteiger partial charge on any atom is 0.155 e. The van der Waals surface area contributed by atoms with Crippen LogP contribution in [0, 0.1) is 6.92 Å². The van der Waals surface area contributed by atoms with E-state index in [0.29, 0.717) is 11.5 Å². The number of rotatable bonds is 3. The van der Waals surface area contributed by atoms with Crippen LogP contribution >= 0.6 is 0 Å². The highest BCUT2D eigenvalue weighted by molar-refractivity contribution is 5.71. The number of nitrogens with two attached hydrogens (primary N) is 1.